The fourth-order valence-electron chi connectivity index (χ4n) is 2.20. The molecule has 0 atom stereocenters. The largest absolute Gasteiger partial charge is 0.383 e. The second-order valence-corrected chi connectivity index (χ2v) is 5.27. The molecular weight excluding hydrogens is 284 g/mol. The molecule has 2 aromatic rings. The Labute approximate surface area is 131 Å². The van der Waals surface area contributed by atoms with E-state index in [2.05, 4.69) is 23.3 Å². The lowest BCUT2D eigenvalue weighted by Gasteiger charge is -2.09. The van der Waals surface area contributed by atoms with Gasteiger partial charge in [-0.3, -0.25) is 4.98 Å². The lowest BCUT2D eigenvalue weighted by molar-refractivity contribution is 0.200. The van der Waals surface area contributed by atoms with E-state index in [4.69, 9.17) is 16.3 Å². The van der Waals surface area contributed by atoms with Crippen LogP contribution in [0.1, 0.15) is 18.9 Å². The number of hydrogen-bond acceptors (Lipinski definition) is 3. The van der Waals surface area contributed by atoms with Crippen LogP contribution in [0.2, 0.25) is 5.02 Å². The van der Waals surface area contributed by atoms with Crippen molar-refractivity contribution < 1.29 is 4.74 Å². The van der Waals surface area contributed by atoms with Gasteiger partial charge in [-0.2, -0.15) is 0 Å². The third-order valence-corrected chi connectivity index (χ3v) is 3.73. The predicted molar refractivity (Wildman–Crippen MR) is 89.8 cm³/mol. The molecule has 0 spiro atoms. The zero-order chi connectivity index (χ0) is 15.1. The highest BCUT2D eigenvalue weighted by Gasteiger charge is 2.05. The van der Waals surface area contributed by atoms with Crippen LogP contribution in [-0.4, -0.2) is 31.8 Å². The van der Waals surface area contributed by atoms with Crippen molar-refractivity contribution in [1.29, 1.82) is 0 Å². The molecule has 1 aromatic carbocycles. The number of fused-ring (bicyclic) bond motifs is 1. The molecule has 0 amide bonds. The molecule has 0 saturated carbocycles. The van der Waals surface area contributed by atoms with Crippen LogP contribution in [0.5, 0.6) is 0 Å². The zero-order valence-electron chi connectivity index (χ0n) is 12.5. The van der Waals surface area contributed by atoms with Crippen LogP contribution in [0.4, 0.5) is 0 Å². The first kappa shape index (κ1) is 16.0. The van der Waals surface area contributed by atoms with Crippen LogP contribution in [0.15, 0.2) is 36.0 Å². The molecule has 3 nitrogen and oxygen atoms in total. The number of ether oxygens (including phenoxy) is 1. The number of benzene rings is 1. The van der Waals surface area contributed by atoms with E-state index < -0.39 is 0 Å². The van der Waals surface area contributed by atoms with E-state index >= 15 is 0 Å². The normalized spacial score (nSPS) is 12.0. The summed E-state index contributed by atoms with van der Waals surface area (Å²) < 4.78 is 5.04. The summed E-state index contributed by atoms with van der Waals surface area (Å²) in [6, 6.07) is 7.88. The summed E-state index contributed by atoms with van der Waals surface area (Å²) in [5.74, 6) is 0. The second kappa shape index (κ2) is 8.13. The number of methoxy groups -OCH3 is 1. The first-order valence-electron chi connectivity index (χ1n) is 7.18. The Morgan fingerprint density at radius 3 is 3.00 bits per heavy atom. The van der Waals surface area contributed by atoms with Gasteiger partial charge < -0.3 is 10.1 Å². The minimum Gasteiger partial charge on any atom is -0.383 e. The molecule has 1 aromatic heterocycles. The predicted octanol–water partition coefficient (Wildman–Crippen LogP) is 3.92. The summed E-state index contributed by atoms with van der Waals surface area (Å²) in [5.41, 5.74) is 3.40. The molecule has 0 radical (unpaired) electrons. The van der Waals surface area contributed by atoms with Crippen LogP contribution in [0.25, 0.3) is 17.0 Å². The second-order valence-electron chi connectivity index (χ2n) is 4.86. The summed E-state index contributed by atoms with van der Waals surface area (Å²) in [6.07, 6.45) is 5.00. The molecule has 112 valence electrons. The van der Waals surface area contributed by atoms with Gasteiger partial charge in [0.25, 0.3) is 0 Å². The fourth-order valence-corrected chi connectivity index (χ4v) is 2.41. The van der Waals surface area contributed by atoms with E-state index in [1.165, 1.54) is 5.57 Å². The summed E-state index contributed by atoms with van der Waals surface area (Å²) in [4.78, 5) is 4.47. The Morgan fingerprint density at radius 2 is 2.24 bits per heavy atom. The highest BCUT2D eigenvalue weighted by atomic mass is 35.5. The number of halogens is 1. The van der Waals surface area contributed by atoms with Gasteiger partial charge in [0.05, 0.1) is 17.1 Å². The van der Waals surface area contributed by atoms with Crippen molar-refractivity contribution in [2.45, 2.75) is 13.3 Å². The van der Waals surface area contributed by atoms with Crippen molar-refractivity contribution in [3.05, 3.63) is 46.6 Å². The Kier molecular flexibility index (Phi) is 6.18. The van der Waals surface area contributed by atoms with Crippen molar-refractivity contribution in [2.24, 2.45) is 0 Å². The molecule has 2 rings (SSSR count). The van der Waals surface area contributed by atoms with Crippen molar-refractivity contribution in [3.8, 4) is 0 Å². The highest BCUT2D eigenvalue weighted by Crippen LogP contribution is 2.26. The summed E-state index contributed by atoms with van der Waals surface area (Å²) >= 11 is 6.23. The lowest BCUT2D eigenvalue weighted by atomic mass is 10.1. The Hall–Kier alpha value is -1.42. The summed E-state index contributed by atoms with van der Waals surface area (Å²) in [5, 5.41) is 5.12. The van der Waals surface area contributed by atoms with Crippen molar-refractivity contribution in [3.63, 3.8) is 0 Å². The molecule has 0 saturated heterocycles. The average Bonchev–Trinajstić information content (AvgIpc) is 2.53. The summed E-state index contributed by atoms with van der Waals surface area (Å²) in [7, 11) is 1.71. The van der Waals surface area contributed by atoms with E-state index in [0.717, 1.165) is 47.6 Å². The van der Waals surface area contributed by atoms with Crippen LogP contribution < -0.4 is 5.32 Å². The van der Waals surface area contributed by atoms with Crippen molar-refractivity contribution >= 4 is 28.6 Å². The third kappa shape index (κ3) is 4.27. The quantitative estimate of drug-likeness (QED) is 0.787. The number of nitrogens with one attached hydrogen (secondary N) is 1. The monoisotopic (exact) mass is 304 g/mol. The van der Waals surface area contributed by atoms with Gasteiger partial charge in [0.1, 0.15) is 0 Å². The maximum Gasteiger partial charge on any atom is 0.0789 e. The van der Waals surface area contributed by atoms with E-state index in [-0.39, 0.29) is 0 Å². The summed E-state index contributed by atoms with van der Waals surface area (Å²) in [6.45, 7) is 4.60. The van der Waals surface area contributed by atoms with Crippen LogP contribution >= 0.6 is 11.6 Å². The van der Waals surface area contributed by atoms with Gasteiger partial charge in [-0.15, -0.1) is 0 Å². The molecule has 0 aliphatic carbocycles. The van der Waals surface area contributed by atoms with E-state index in [0.29, 0.717) is 0 Å². The van der Waals surface area contributed by atoms with Crippen LogP contribution in [0.3, 0.4) is 0 Å². The molecule has 4 heteroatoms. The molecule has 0 bridgehead atoms. The molecular formula is C17H21ClN2O. The molecule has 0 unspecified atom stereocenters. The smallest absolute Gasteiger partial charge is 0.0789 e. The molecule has 0 aliphatic rings. The molecule has 0 aliphatic heterocycles. The number of hydrogen-bond donors (Lipinski definition) is 1. The van der Waals surface area contributed by atoms with E-state index in [1.54, 1.807) is 13.3 Å². The Bertz CT molecular complexity index is 625. The standard InChI is InChI=1S/C17H21ClN2O/c1-3-13(12-19-9-10-21-2)11-14-6-7-16(18)15-5-4-8-20-17(14)15/h4-8,11,19H,3,9-10,12H2,1-2H3/b13-11-. The van der Waals surface area contributed by atoms with Crippen LogP contribution in [-0.2, 0) is 4.74 Å². The van der Waals surface area contributed by atoms with Gasteiger partial charge in [0.2, 0.25) is 0 Å². The molecule has 0 fully saturated rings. The molecule has 1 N–H and O–H groups in total. The number of aromatic nitrogens is 1. The topological polar surface area (TPSA) is 34.2 Å². The molecule has 1 heterocycles. The van der Waals surface area contributed by atoms with Gasteiger partial charge in [-0.25, -0.2) is 0 Å². The maximum atomic E-state index is 6.23. The van der Waals surface area contributed by atoms with Gasteiger partial charge in [0, 0.05) is 37.3 Å². The van der Waals surface area contributed by atoms with Gasteiger partial charge in [0.15, 0.2) is 0 Å². The highest BCUT2D eigenvalue weighted by molar-refractivity contribution is 6.35. The van der Waals surface area contributed by atoms with Gasteiger partial charge in [-0.05, 0) is 24.6 Å². The van der Waals surface area contributed by atoms with Gasteiger partial charge >= 0.3 is 0 Å². The minimum absolute atomic E-state index is 0.725. The third-order valence-electron chi connectivity index (χ3n) is 3.40. The fraction of sp³-hybridized carbons (Fsp3) is 0.353. The number of nitrogens with zero attached hydrogens (tertiary/aromatic N) is 1. The minimum atomic E-state index is 0.725. The zero-order valence-corrected chi connectivity index (χ0v) is 13.3. The van der Waals surface area contributed by atoms with Crippen molar-refractivity contribution in [1.82, 2.24) is 10.3 Å². The van der Waals surface area contributed by atoms with E-state index in [9.17, 15) is 0 Å². The van der Waals surface area contributed by atoms with Crippen molar-refractivity contribution in [2.75, 3.05) is 26.8 Å². The average molecular weight is 305 g/mol. The first-order chi connectivity index (χ1) is 10.3. The maximum absolute atomic E-state index is 6.23. The SMILES string of the molecule is CC/C(=C/c1ccc(Cl)c2cccnc12)CNCCOC. The number of rotatable bonds is 7. The Morgan fingerprint density at radius 1 is 1.38 bits per heavy atom. The van der Waals surface area contributed by atoms with Gasteiger partial charge in [-0.1, -0.05) is 36.2 Å². The Balaban J connectivity index is 2.24. The van der Waals surface area contributed by atoms with E-state index in [1.807, 2.05) is 24.3 Å². The lowest BCUT2D eigenvalue weighted by Crippen LogP contribution is -2.21. The molecule has 21 heavy (non-hydrogen) atoms. The number of pyridine rings is 1. The first-order valence-corrected chi connectivity index (χ1v) is 7.56. The van der Waals surface area contributed by atoms with Crippen LogP contribution in [0, 0.1) is 0 Å².